The second kappa shape index (κ2) is 3.81. The van der Waals surface area contributed by atoms with Crippen molar-refractivity contribution in [3.8, 4) is 0 Å². The van der Waals surface area contributed by atoms with Gasteiger partial charge in [-0.15, -0.1) is 12.4 Å². The van der Waals surface area contributed by atoms with Crippen LogP contribution >= 0.6 is 12.4 Å². The lowest BCUT2D eigenvalue weighted by Gasteiger charge is -2.20. The summed E-state index contributed by atoms with van der Waals surface area (Å²) in [6.07, 6.45) is 0. The Morgan fingerprint density at radius 3 is 1.92 bits per heavy atom. The molecule has 0 aliphatic carbocycles. The largest absolute Gasteiger partial charge is 0.398 e. The van der Waals surface area contributed by atoms with Crippen molar-refractivity contribution in [2.45, 2.75) is 26.2 Å². The molecule has 0 spiro atoms. The predicted octanol–water partition coefficient (Wildman–Crippen LogP) is 2.99. The average molecular weight is 186 g/mol. The molecule has 1 aromatic rings. The summed E-state index contributed by atoms with van der Waals surface area (Å²) < 4.78 is 0. The van der Waals surface area contributed by atoms with E-state index >= 15 is 0 Å². The molecule has 0 aliphatic heterocycles. The standard InChI is InChI=1S/C10H15N.ClH/c1-10(2,3)8-6-4-5-7-9(8)11;/h4-7H,11H2,1-3H3;1H. The summed E-state index contributed by atoms with van der Waals surface area (Å²) in [6.45, 7) is 6.50. The van der Waals surface area contributed by atoms with Gasteiger partial charge in [-0.1, -0.05) is 39.0 Å². The Bertz CT molecular complexity index is 250. The second-order valence-corrected chi connectivity index (χ2v) is 3.84. The number of nitrogens with two attached hydrogens (primary N) is 1. The highest BCUT2D eigenvalue weighted by Crippen LogP contribution is 2.26. The molecule has 1 rings (SSSR count). The lowest BCUT2D eigenvalue weighted by Crippen LogP contribution is -2.13. The van der Waals surface area contributed by atoms with Gasteiger partial charge in [-0.2, -0.15) is 0 Å². The third-order valence-corrected chi connectivity index (χ3v) is 1.77. The van der Waals surface area contributed by atoms with E-state index in [2.05, 4.69) is 26.8 Å². The van der Waals surface area contributed by atoms with Gasteiger partial charge in [0.05, 0.1) is 0 Å². The number of rotatable bonds is 0. The first kappa shape index (κ1) is 11.3. The first-order valence-electron chi connectivity index (χ1n) is 3.87. The van der Waals surface area contributed by atoms with E-state index in [-0.39, 0.29) is 17.8 Å². The van der Waals surface area contributed by atoms with Crippen LogP contribution in [0.25, 0.3) is 0 Å². The monoisotopic (exact) mass is 185 g/mol. The number of hydrogen-bond donors (Lipinski definition) is 1. The smallest absolute Gasteiger partial charge is 0.0351 e. The molecule has 0 aliphatic rings. The first-order chi connectivity index (χ1) is 5.02. The van der Waals surface area contributed by atoms with Gasteiger partial charge in [0.25, 0.3) is 0 Å². The highest BCUT2D eigenvalue weighted by atomic mass is 35.5. The third kappa shape index (κ3) is 2.42. The summed E-state index contributed by atoms with van der Waals surface area (Å²) in [5.74, 6) is 0. The Hall–Kier alpha value is -0.690. The van der Waals surface area contributed by atoms with Crippen LogP contribution in [0.3, 0.4) is 0 Å². The molecule has 0 heterocycles. The highest BCUT2D eigenvalue weighted by molar-refractivity contribution is 5.85. The molecule has 0 fully saturated rings. The Morgan fingerprint density at radius 2 is 1.58 bits per heavy atom. The number of para-hydroxylation sites is 1. The molecule has 0 aromatic heterocycles. The van der Waals surface area contributed by atoms with Crippen LogP contribution in [0.15, 0.2) is 24.3 Å². The number of nitrogen functional groups attached to an aromatic ring is 1. The molecule has 2 heteroatoms. The predicted molar refractivity (Wildman–Crippen MR) is 56.8 cm³/mol. The van der Waals surface area contributed by atoms with E-state index in [0.717, 1.165) is 5.69 Å². The maximum Gasteiger partial charge on any atom is 0.0351 e. The molecule has 0 bridgehead atoms. The van der Waals surface area contributed by atoms with Crippen LogP contribution in [-0.2, 0) is 5.41 Å². The summed E-state index contributed by atoms with van der Waals surface area (Å²) in [5.41, 5.74) is 8.08. The minimum absolute atomic E-state index is 0. The summed E-state index contributed by atoms with van der Waals surface area (Å²) in [7, 11) is 0. The van der Waals surface area contributed by atoms with Gasteiger partial charge in [-0.05, 0) is 17.0 Å². The van der Waals surface area contributed by atoms with Crippen LogP contribution in [0.1, 0.15) is 26.3 Å². The van der Waals surface area contributed by atoms with Gasteiger partial charge in [0.1, 0.15) is 0 Å². The van der Waals surface area contributed by atoms with Crippen LogP contribution in [0.2, 0.25) is 0 Å². The third-order valence-electron chi connectivity index (χ3n) is 1.77. The van der Waals surface area contributed by atoms with Crippen molar-refractivity contribution in [3.63, 3.8) is 0 Å². The molecule has 0 saturated carbocycles. The van der Waals surface area contributed by atoms with Gasteiger partial charge in [0.2, 0.25) is 0 Å². The maximum atomic E-state index is 5.81. The topological polar surface area (TPSA) is 26.0 Å². The Balaban J connectivity index is 0.00000121. The van der Waals surface area contributed by atoms with Crippen molar-refractivity contribution < 1.29 is 0 Å². The molecule has 0 amide bonds. The lowest BCUT2D eigenvalue weighted by molar-refractivity contribution is 0.592. The number of benzene rings is 1. The summed E-state index contributed by atoms with van der Waals surface area (Å²) >= 11 is 0. The minimum atomic E-state index is 0. The molecule has 0 unspecified atom stereocenters. The van der Waals surface area contributed by atoms with E-state index in [1.54, 1.807) is 0 Å². The zero-order valence-corrected chi connectivity index (χ0v) is 8.61. The quantitative estimate of drug-likeness (QED) is 0.618. The van der Waals surface area contributed by atoms with Crippen LogP contribution in [0.5, 0.6) is 0 Å². The number of halogens is 1. The minimum Gasteiger partial charge on any atom is -0.398 e. The van der Waals surface area contributed by atoms with Crippen LogP contribution in [0.4, 0.5) is 5.69 Å². The second-order valence-electron chi connectivity index (χ2n) is 3.84. The molecular formula is C10H16ClN. The molecule has 2 N–H and O–H groups in total. The molecule has 0 saturated heterocycles. The Kier molecular flexibility index (Phi) is 3.59. The van der Waals surface area contributed by atoms with E-state index in [1.165, 1.54) is 5.56 Å². The van der Waals surface area contributed by atoms with E-state index in [1.807, 2.05) is 18.2 Å². The van der Waals surface area contributed by atoms with Gasteiger partial charge >= 0.3 is 0 Å². The fraction of sp³-hybridized carbons (Fsp3) is 0.400. The van der Waals surface area contributed by atoms with Crippen molar-refractivity contribution in [2.24, 2.45) is 0 Å². The molecule has 1 aromatic carbocycles. The maximum absolute atomic E-state index is 5.81. The zero-order valence-electron chi connectivity index (χ0n) is 7.79. The average Bonchev–Trinajstić information content (AvgIpc) is 1.86. The summed E-state index contributed by atoms with van der Waals surface area (Å²) in [4.78, 5) is 0. The highest BCUT2D eigenvalue weighted by Gasteiger charge is 2.15. The summed E-state index contributed by atoms with van der Waals surface area (Å²) in [5, 5.41) is 0. The van der Waals surface area contributed by atoms with E-state index < -0.39 is 0 Å². The van der Waals surface area contributed by atoms with E-state index in [4.69, 9.17) is 5.73 Å². The van der Waals surface area contributed by atoms with Gasteiger partial charge < -0.3 is 5.73 Å². The van der Waals surface area contributed by atoms with Gasteiger partial charge in [-0.25, -0.2) is 0 Å². The fourth-order valence-corrected chi connectivity index (χ4v) is 1.18. The van der Waals surface area contributed by atoms with Crippen molar-refractivity contribution in [1.82, 2.24) is 0 Å². The van der Waals surface area contributed by atoms with Crippen LogP contribution < -0.4 is 5.73 Å². The van der Waals surface area contributed by atoms with Crippen molar-refractivity contribution in [1.29, 1.82) is 0 Å². The van der Waals surface area contributed by atoms with Crippen LogP contribution in [0, 0.1) is 0 Å². The van der Waals surface area contributed by atoms with Gasteiger partial charge in [-0.3, -0.25) is 0 Å². The Morgan fingerprint density at radius 1 is 1.08 bits per heavy atom. The molecular weight excluding hydrogens is 170 g/mol. The molecule has 0 radical (unpaired) electrons. The molecule has 12 heavy (non-hydrogen) atoms. The SMILES string of the molecule is CC(C)(C)c1ccccc1N.Cl. The number of anilines is 1. The Labute approximate surface area is 80.4 Å². The van der Waals surface area contributed by atoms with Crippen LogP contribution in [-0.4, -0.2) is 0 Å². The van der Waals surface area contributed by atoms with Crippen molar-refractivity contribution in [3.05, 3.63) is 29.8 Å². The van der Waals surface area contributed by atoms with E-state index in [9.17, 15) is 0 Å². The number of hydrogen-bond acceptors (Lipinski definition) is 1. The zero-order chi connectivity index (χ0) is 8.48. The summed E-state index contributed by atoms with van der Waals surface area (Å²) in [6, 6.07) is 8.01. The van der Waals surface area contributed by atoms with Gasteiger partial charge in [0, 0.05) is 5.69 Å². The normalized spacial score (nSPS) is 10.6. The van der Waals surface area contributed by atoms with Gasteiger partial charge in [0.15, 0.2) is 0 Å². The van der Waals surface area contributed by atoms with E-state index in [0.29, 0.717) is 0 Å². The molecule has 0 atom stereocenters. The molecule has 68 valence electrons. The van der Waals surface area contributed by atoms with Crippen molar-refractivity contribution >= 4 is 18.1 Å². The molecule has 1 nitrogen and oxygen atoms in total. The lowest BCUT2D eigenvalue weighted by atomic mass is 9.86. The van der Waals surface area contributed by atoms with Crippen molar-refractivity contribution in [2.75, 3.05) is 5.73 Å². The fourth-order valence-electron chi connectivity index (χ4n) is 1.18. The first-order valence-corrected chi connectivity index (χ1v) is 3.87.